The van der Waals surface area contributed by atoms with Gasteiger partial charge in [-0.2, -0.15) is 0 Å². The maximum absolute atomic E-state index is 12.1. The molecule has 1 aliphatic heterocycles. The van der Waals surface area contributed by atoms with Crippen LogP contribution in [0.2, 0.25) is 0 Å². The molecule has 1 aromatic carbocycles. The molecule has 3 nitrogen and oxygen atoms in total. The minimum Gasteiger partial charge on any atom is -0.381 e. The van der Waals surface area contributed by atoms with Crippen molar-refractivity contribution in [2.24, 2.45) is 5.92 Å². The summed E-state index contributed by atoms with van der Waals surface area (Å²) >= 11 is 4.24. The third kappa shape index (κ3) is 4.55. The summed E-state index contributed by atoms with van der Waals surface area (Å²) < 4.78 is 5.45. The number of carbonyl (C=O) groups excluding carboxylic acids is 1. The summed E-state index contributed by atoms with van der Waals surface area (Å²) in [5.74, 6) is 0.653. The SMILES string of the molecule is CN(CC1CCCOC1)C(=O)Cc1ccc(S)cc1. The normalized spacial score (nSPS) is 19.2. The van der Waals surface area contributed by atoms with Gasteiger partial charge in [-0.15, -0.1) is 12.6 Å². The Morgan fingerprint density at radius 1 is 1.42 bits per heavy atom. The summed E-state index contributed by atoms with van der Waals surface area (Å²) in [6.07, 6.45) is 2.72. The highest BCUT2D eigenvalue weighted by Gasteiger charge is 2.18. The van der Waals surface area contributed by atoms with Crippen molar-refractivity contribution >= 4 is 18.5 Å². The van der Waals surface area contributed by atoms with Crippen molar-refractivity contribution in [2.75, 3.05) is 26.8 Å². The van der Waals surface area contributed by atoms with E-state index in [1.807, 2.05) is 36.2 Å². The second-order valence-electron chi connectivity index (χ2n) is 5.20. The lowest BCUT2D eigenvalue weighted by atomic mass is 10.0. The van der Waals surface area contributed by atoms with E-state index in [0.717, 1.165) is 43.1 Å². The average Bonchev–Trinajstić information content (AvgIpc) is 2.42. The zero-order chi connectivity index (χ0) is 13.7. The minimum absolute atomic E-state index is 0.164. The second-order valence-corrected chi connectivity index (χ2v) is 5.72. The van der Waals surface area contributed by atoms with Gasteiger partial charge in [0.05, 0.1) is 13.0 Å². The van der Waals surface area contributed by atoms with Crippen molar-refractivity contribution in [3.8, 4) is 0 Å². The molecule has 0 radical (unpaired) electrons. The van der Waals surface area contributed by atoms with Crippen LogP contribution in [0.4, 0.5) is 0 Å². The predicted molar refractivity (Wildman–Crippen MR) is 78.6 cm³/mol. The van der Waals surface area contributed by atoms with E-state index in [4.69, 9.17) is 4.74 Å². The number of ether oxygens (including phenoxy) is 1. The average molecular weight is 279 g/mol. The molecule has 0 bridgehead atoms. The van der Waals surface area contributed by atoms with E-state index >= 15 is 0 Å². The van der Waals surface area contributed by atoms with Crippen LogP contribution in [0.1, 0.15) is 18.4 Å². The second kappa shape index (κ2) is 6.96. The molecule has 0 aromatic heterocycles. The maximum atomic E-state index is 12.1. The van der Waals surface area contributed by atoms with Crippen LogP contribution in [0, 0.1) is 5.92 Å². The Hall–Kier alpha value is -1.00. The zero-order valence-electron chi connectivity index (χ0n) is 11.3. The first-order chi connectivity index (χ1) is 9.15. The first kappa shape index (κ1) is 14.4. The molecule has 1 heterocycles. The molecule has 0 saturated carbocycles. The zero-order valence-corrected chi connectivity index (χ0v) is 12.2. The molecule has 1 fully saturated rings. The molecular formula is C15H21NO2S. The molecule has 1 saturated heterocycles. The van der Waals surface area contributed by atoms with Crippen molar-refractivity contribution in [3.05, 3.63) is 29.8 Å². The van der Waals surface area contributed by atoms with Gasteiger partial charge in [-0.05, 0) is 36.5 Å². The minimum atomic E-state index is 0.164. The van der Waals surface area contributed by atoms with Crippen molar-refractivity contribution in [1.82, 2.24) is 4.90 Å². The Balaban J connectivity index is 1.83. The van der Waals surface area contributed by atoms with Gasteiger partial charge < -0.3 is 9.64 Å². The third-order valence-electron chi connectivity index (χ3n) is 3.50. The summed E-state index contributed by atoms with van der Waals surface area (Å²) in [6.45, 7) is 2.44. The lowest BCUT2D eigenvalue weighted by Gasteiger charge is -2.27. The summed E-state index contributed by atoms with van der Waals surface area (Å²) in [6, 6.07) is 7.75. The van der Waals surface area contributed by atoms with Gasteiger partial charge in [-0.1, -0.05) is 12.1 Å². The molecule has 0 aliphatic carbocycles. The van der Waals surface area contributed by atoms with E-state index in [-0.39, 0.29) is 5.91 Å². The Labute approximate surface area is 120 Å². The molecule has 0 N–H and O–H groups in total. The van der Waals surface area contributed by atoms with Crippen molar-refractivity contribution < 1.29 is 9.53 Å². The highest BCUT2D eigenvalue weighted by molar-refractivity contribution is 7.80. The first-order valence-electron chi connectivity index (χ1n) is 6.75. The van der Waals surface area contributed by atoms with Crippen LogP contribution >= 0.6 is 12.6 Å². The van der Waals surface area contributed by atoms with E-state index in [9.17, 15) is 4.79 Å². The number of thiol groups is 1. The first-order valence-corrected chi connectivity index (χ1v) is 7.19. The van der Waals surface area contributed by atoms with E-state index in [0.29, 0.717) is 12.3 Å². The van der Waals surface area contributed by atoms with E-state index in [1.165, 1.54) is 0 Å². The topological polar surface area (TPSA) is 29.5 Å². The number of rotatable bonds is 4. The standard InChI is InChI=1S/C15H21NO2S/c1-16(10-13-3-2-8-18-11-13)15(17)9-12-4-6-14(19)7-5-12/h4-7,13,19H,2-3,8-11H2,1H3. The Morgan fingerprint density at radius 3 is 2.79 bits per heavy atom. The highest BCUT2D eigenvalue weighted by Crippen LogP contribution is 2.15. The van der Waals surface area contributed by atoms with Crippen LogP contribution in [-0.4, -0.2) is 37.6 Å². The molecule has 1 amide bonds. The lowest BCUT2D eigenvalue weighted by Crippen LogP contribution is -2.35. The number of amides is 1. The molecule has 4 heteroatoms. The van der Waals surface area contributed by atoms with E-state index in [2.05, 4.69) is 12.6 Å². The van der Waals surface area contributed by atoms with Gasteiger partial charge in [-0.25, -0.2) is 0 Å². The molecule has 19 heavy (non-hydrogen) atoms. The Kier molecular flexibility index (Phi) is 5.28. The fraction of sp³-hybridized carbons (Fsp3) is 0.533. The predicted octanol–water partition coefficient (Wildman–Crippen LogP) is 2.40. The molecule has 1 unspecified atom stereocenters. The summed E-state index contributed by atoms with van der Waals surface area (Å²) in [4.78, 5) is 14.9. The molecule has 1 aromatic rings. The highest BCUT2D eigenvalue weighted by atomic mass is 32.1. The number of hydrogen-bond donors (Lipinski definition) is 1. The molecule has 1 atom stereocenters. The number of benzene rings is 1. The number of carbonyl (C=O) groups is 1. The summed E-state index contributed by atoms with van der Waals surface area (Å²) in [5.41, 5.74) is 1.04. The van der Waals surface area contributed by atoms with Gasteiger partial charge >= 0.3 is 0 Å². The van der Waals surface area contributed by atoms with Gasteiger partial charge in [-0.3, -0.25) is 4.79 Å². The quantitative estimate of drug-likeness (QED) is 0.858. The van der Waals surface area contributed by atoms with Gasteiger partial charge in [0.1, 0.15) is 0 Å². The smallest absolute Gasteiger partial charge is 0.226 e. The van der Waals surface area contributed by atoms with Crippen molar-refractivity contribution in [3.63, 3.8) is 0 Å². The van der Waals surface area contributed by atoms with Crippen LogP contribution < -0.4 is 0 Å². The Bertz CT molecular complexity index is 413. The van der Waals surface area contributed by atoms with Crippen molar-refractivity contribution in [1.29, 1.82) is 0 Å². The third-order valence-corrected chi connectivity index (χ3v) is 3.80. The molecule has 0 spiro atoms. The Morgan fingerprint density at radius 2 is 2.16 bits per heavy atom. The van der Waals surface area contributed by atoms with Crippen LogP contribution in [0.5, 0.6) is 0 Å². The summed E-state index contributed by atoms with van der Waals surface area (Å²) in [7, 11) is 1.88. The fourth-order valence-corrected chi connectivity index (χ4v) is 2.51. The number of likely N-dealkylation sites (N-methyl/N-ethyl adjacent to an activating group) is 1. The van der Waals surface area contributed by atoms with Gasteiger partial charge in [0.15, 0.2) is 0 Å². The number of nitrogens with zero attached hydrogens (tertiary/aromatic N) is 1. The monoisotopic (exact) mass is 279 g/mol. The van der Waals surface area contributed by atoms with E-state index in [1.54, 1.807) is 0 Å². The molecule has 2 rings (SSSR count). The molecular weight excluding hydrogens is 258 g/mol. The molecule has 104 valence electrons. The van der Waals surface area contributed by atoms with Gasteiger partial charge in [0, 0.05) is 25.1 Å². The van der Waals surface area contributed by atoms with Crippen LogP contribution in [0.3, 0.4) is 0 Å². The van der Waals surface area contributed by atoms with Gasteiger partial charge in [0.25, 0.3) is 0 Å². The van der Waals surface area contributed by atoms with Crippen LogP contribution in [0.25, 0.3) is 0 Å². The summed E-state index contributed by atoms with van der Waals surface area (Å²) in [5, 5.41) is 0. The lowest BCUT2D eigenvalue weighted by molar-refractivity contribution is -0.130. The van der Waals surface area contributed by atoms with E-state index < -0.39 is 0 Å². The van der Waals surface area contributed by atoms with Gasteiger partial charge in [0.2, 0.25) is 5.91 Å². The molecule has 1 aliphatic rings. The van der Waals surface area contributed by atoms with Crippen LogP contribution in [-0.2, 0) is 16.0 Å². The number of hydrogen-bond acceptors (Lipinski definition) is 3. The van der Waals surface area contributed by atoms with Crippen LogP contribution in [0.15, 0.2) is 29.2 Å². The fourth-order valence-electron chi connectivity index (χ4n) is 2.36. The van der Waals surface area contributed by atoms with Crippen molar-refractivity contribution in [2.45, 2.75) is 24.2 Å². The largest absolute Gasteiger partial charge is 0.381 e. The maximum Gasteiger partial charge on any atom is 0.226 e.